The number of nitrogens with zero attached hydrogens (tertiary/aromatic N) is 2. The summed E-state index contributed by atoms with van der Waals surface area (Å²) < 4.78 is 24.5. The van der Waals surface area contributed by atoms with Gasteiger partial charge < -0.3 is 18.9 Å². The Kier molecular flexibility index (Phi) is 9.63. The van der Waals surface area contributed by atoms with Crippen molar-refractivity contribution in [1.29, 1.82) is 0 Å². The number of rotatable bonds is 10. The van der Waals surface area contributed by atoms with E-state index in [1.54, 1.807) is 56.3 Å². The number of hydrogen-bond acceptors (Lipinski definition) is 8. The lowest BCUT2D eigenvalue weighted by Crippen LogP contribution is -2.40. The van der Waals surface area contributed by atoms with Crippen LogP contribution in [-0.4, -0.2) is 37.0 Å². The number of aromatic nitrogens is 1. The van der Waals surface area contributed by atoms with Crippen molar-refractivity contribution in [2.75, 3.05) is 20.3 Å². The van der Waals surface area contributed by atoms with Crippen LogP contribution in [0.25, 0.3) is 6.08 Å². The first-order valence-electron chi connectivity index (χ1n) is 12.9. The molecule has 8 nitrogen and oxygen atoms in total. The predicted molar refractivity (Wildman–Crippen MR) is 161 cm³/mol. The third-order valence-corrected chi connectivity index (χ3v) is 7.53. The molecule has 1 aliphatic heterocycles. The van der Waals surface area contributed by atoms with Gasteiger partial charge in [-0.2, -0.15) is 0 Å². The normalized spacial score (nSPS) is 14.9. The van der Waals surface area contributed by atoms with Crippen LogP contribution in [0, 0.1) is 0 Å². The summed E-state index contributed by atoms with van der Waals surface area (Å²) in [7, 11) is 1.53. The minimum Gasteiger partial charge on any atom is -0.493 e. The molecule has 2 heterocycles. The molecule has 1 aliphatic rings. The molecule has 4 rings (SSSR count). The van der Waals surface area contributed by atoms with Crippen LogP contribution < -0.4 is 29.1 Å². The molecule has 1 aromatic heterocycles. The van der Waals surface area contributed by atoms with Crippen molar-refractivity contribution in [3.63, 3.8) is 0 Å². The molecule has 0 radical (unpaired) electrons. The highest BCUT2D eigenvalue weighted by Crippen LogP contribution is 2.37. The van der Waals surface area contributed by atoms with Crippen molar-refractivity contribution >= 4 is 46.6 Å². The number of methoxy groups -OCH3 is 1. The number of benzene rings is 2. The molecular formula is C30H30Cl2N2O6S. The van der Waals surface area contributed by atoms with Gasteiger partial charge >= 0.3 is 5.97 Å². The zero-order chi connectivity index (χ0) is 29.8. The van der Waals surface area contributed by atoms with Crippen LogP contribution in [0.15, 0.2) is 64.0 Å². The number of esters is 1. The van der Waals surface area contributed by atoms with Crippen molar-refractivity contribution in [1.82, 2.24) is 4.57 Å². The smallest absolute Gasteiger partial charge is 0.338 e. The van der Waals surface area contributed by atoms with E-state index in [1.165, 1.54) is 23.0 Å². The second kappa shape index (κ2) is 13.0. The zero-order valence-corrected chi connectivity index (χ0v) is 25.7. The first-order valence-corrected chi connectivity index (χ1v) is 14.4. The molecule has 11 heteroatoms. The Morgan fingerprint density at radius 3 is 2.63 bits per heavy atom. The molecule has 0 aliphatic carbocycles. The van der Waals surface area contributed by atoms with Gasteiger partial charge in [-0.3, -0.25) is 9.36 Å². The third kappa shape index (κ3) is 6.37. The molecule has 1 atom stereocenters. The number of carbonyl (C=O) groups excluding carboxylic acids is 1. The summed E-state index contributed by atoms with van der Waals surface area (Å²) in [6.07, 6.45) is 3.17. The molecule has 0 unspecified atom stereocenters. The van der Waals surface area contributed by atoms with Gasteiger partial charge in [0.05, 0.1) is 46.7 Å². The molecule has 0 fully saturated rings. The highest BCUT2D eigenvalue weighted by Gasteiger charge is 2.34. The molecule has 0 N–H and O–H groups in total. The van der Waals surface area contributed by atoms with Crippen molar-refractivity contribution < 1.29 is 23.7 Å². The molecule has 0 bridgehead atoms. The summed E-state index contributed by atoms with van der Waals surface area (Å²) in [5.74, 6) is 0.819. The van der Waals surface area contributed by atoms with Gasteiger partial charge in [-0.05, 0) is 63.6 Å². The summed E-state index contributed by atoms with van der Waals surface area (Å²) in [5.41, 5.74) is 1.49. The number of carbonyl (C=O) groups is 1. The number of fused-ring (bicyclic) bond motifs is 1. The molecule has 0 amide bonds. The lowest BCUT2D eigenvalue weighted by atomic mass is 9.95. The Balaban J connectivity index is 1.97. The first-order chi connectivity index (χ1) is 19.6. The monoisotopic (exact) mass is 616 g/mol. The third-order valence-electron chi connectivity index (χ3n) is 6.05. The number of allylic oxidation sites excluding steroid dienone is 1. The Morgan fingerprint density at radius 1 is 1.22 bits per heavy atom. The molecule has 3 aromatic rings. The zero-order valence-electron chi connectivity index (χ0n) is 23.3. The maximum atomic E-state index is 14.0. The van der Waals surface area contributed by atoms with Crippen LogP contribution in [0.2, 0.25) is 10.0 Å². The van der Waals surface area contributed by atoms with E-state index in [-0.39, 0.29) is 30.5 Å². The summed E-state index contributed by atoms with van der Waals surface area (Å²) in [6, 6.07) is 7.73. The second-order valence-electron chi connectivity index (χ2n) is 9.28. The molecule has 216 valence electrons. The minimum absolute atomic E-state index is 0.0787. The number of ether oxygens (including phenoxy) is 4. The Morgan fingerprint density at radius 2 is 1.98 bits per heavy atom. The van der Waals surface area contributed by atoms with Crippen LogP contribution >= 0.6 is 34.5 Å². The van der Waals surface area contributed by atoms with Crippen molar-refractivity contribution in [2.24, 2.45) is 4.99 Å². The van der Waals surface area contributed by atoms with Crippen LogP contribution in [0.5, 0.6) is 17.2 Å². The Bertz CT molecular complexity index is 1710. The SMILES string of the molecule is C=CCOc1c(Cl)cc(Cl)cc1/C=c1/sc2n(c1=O)[C@@H](c1ccc(OC(C)C)c(OC)c1)C(C(=O)OCC)=C(C)N=2. The van der Waals surface area contributed by atoms with Crippen LogP contribution in [0.4, 0.5) is 0 Å². The van der Waals surface area contributed by atoms with Crippen molar-refractivity contribution in [3.8, 4) is 17.2 Å². The molecular weight excluding hydrogens is 587 g/mol. The van der Waals surface area contributed by atoms with Gasteiger partial charge in [0.1, 0.15) is 12.4 Å². The first kappa shape index (κ1) is 30.4. The molecule has 0 saturated heterocycles. The maximum absolute atomic E-state index is 14.0. The summed E-state index contributed by atoms with van der Waals surface area (Å²) in [5, 5.41) is 0.682. The predicted octanol–water partition coefficient (Wildman–Crippen LogP) is 5.47. The summed E-state index contributed by atoms with van der Waals surface area (Å²) in [4.78, 5) is 32.3. The van der Waals surface area contributed by atoms with Gasteiger partial charge in [0.15, 0.2) is 16.3 Å². The summed E-state index contributed by atoms with van der Waals surface area (Å²) >= 11 is 13.9. The quantitative estimate of drug-likeness (QED) is 0.222. The van der Waals surface area contributed by atoms with Crippen molar-refractivity contribution in [2.45, 2.75) is 39.8 Å². The van der Waals surface area contributed by atoms with Gasteiger partial charge in [0.2, 0.25) is 0 Å². The van der Waals surface area contributed by atoms with Gasteiger partial charge in [-0.15, -0.1) is 0 Å². The fourth-order valence-corrected chi connectivity index (χ4v) is 6.04. The largest absolute Gasteiger partial charge is 0.493 e. The van der Waals surface area contributed by atoms with Crippen LogP contribution in [0.3, 0.4) is 0 Å². The van der Waals surface area contributed by atoms with Gasteiger partial charge in [-0.25, -0.2) is 9.79 Å². The van der Waals surface area contributed by atoms with E-state index in [1.807, 2.05) is 13.8 Å². The Labute approximate surface area is 251 Å². The second-order valence-corrected chi connectivity index (χ2v) is 11.1. The molecule has 0 saturated carbocycles. The average molecular weight is 618 g/mol. The fraction of sp³-hybridized carbons (Fsp3) is 0.300. The van der Waals surface area contributed by atoms with Crippen molar-refractivity contribution in [3.05, 3.63) is 95.1 Å². The lowest BCUT2D eigenvalue weighted by Gasteiger charge is -2.25. The van der Waals surface area contributed by atoms with Gasteiger partial charge in [0.25, 0.3) is 5.56 Å². The molecule has 41 heavy (non-hydrogen) atoms. The lowest BCUT2D eigenvalue weighted by molar-refractivity contribution is -0.139. The van der Waals surface area contributed by atoms with E-state index >= 15 is 0 Å². The number of thiazole rings is 1. The highest BCUT2D eigenvalue weighted by atomic mass is 35.5. The van der Waals surface area contributed by atoms with Crippen LogP contribution in [0.1, 0.15) is 44.9 Å². The van der Waals surface area contributed by atoms with E-state index in [0.29, 0.717) is 53.5 Å². The van der Waals surface area contributed by atoms with Gasteiger partial charge in [-0.1, -0.05) is 53.3 Å². The highest BCUT2D eigenvalue weighted by molar-refractivity contribution is 7.07. The van der Waals surface area contributed by atoms with Gasteiger partial charge in [0, 0.05) is 10.6 Å². The van der Waals surface area contributed by atoms with E-state index in [2.05, 4.69) is 11.6 Å². The molecule has 0 spiro atoms. The average Bonchev–Trinajstić information content (AvgIpc) is 3.21. The van der Waals surface area contributed by atoms with E-state index < -0.39 is 12.0 Å². The summed E-state index contributed by atoms with van der Waals surface area (Å²) in [6.45, 7) is 11.3. The number of halogens is 2. The fourth-order valence-electron chi connectivity index (χ4n) is 4.44. The Hall–Kier alpha value is -3.53. The number of hydrogen-bond donors (Lipinski definition) is 0. The van der Waals surface area contributed by atoms with E-state index in [9.17, 15) is 9.59 Å². The van der Waals surface area contributed by atoms with E-state index in [4.69, 9.17) is 42.1 Å². The topological polar surface area (TPSA) is 88.3 Å². The maximum Gasteiger partial charge on any atom is 0.338 e. The molecule has 2 aromatic carbocycles. The minimum atomic E-state index is -0.825. The van der Waals surface area contributed by atoms with E-state index in [0.717, 1.165) is 0 Å². The standard InChI is InChI=1S/C30H30Cl2N2O6S/c1-7-11-39-27-19(12-20(31)15-21(27)32)14-24-28(35)34-26(18-9-10-22(40-16(3)4)23(13-18)37-6)25(29(36)38-8-2)17(5)33-30(34)41-24/h7,9-10,12-16,26H,1,8,11H2,2-6H3/b24-14+/t26-/m0/s1. The van der Waals surface area contributed by atoms with Crippen LogP contribution in [-0.2, 0) is 9.53 Å².